The summed E-state index contributed by atoms with van der Waals surface area (Å²) in [5.41, 5.74) is 5.52. The maximum Gasteiger partial charge on any atom is 0.270 e. The molecular weight excluding hydrogens is 330 g/mol. The Balaban J connectivity index is 1.80. The van der Waals surface area contributed by atoms with Crippen LogP contribution in [0, 0.1) is 27.7 Å². The smallest absolute Gasteiger partial charge is 0.270 e. The van der Waals surface area contributed by atoms with Crippen LogP contribution in [0.25, 0.3) is 0 Å². The lowest BCUT2D eigenvalue weighted by molar-refractivity contribution is -0.120. The summed E-state index contributed by atoms with van der Waals surface area (Å²) in [5, 5.41) is 9.00. The van der Waals surface area contributed by atoms with Gasteiger partial charge in [0.1, 0.15) is 6.21 Å². The fraction of sp³-hybridized carbons (Fsp3) is 0.250. The van der Waals surface area contributed by atoms with Gasteiger partial charge in [0.05, 0.1) is 0 Å². The van der Waals surface area contributed by atoms with E-state index in [1.54, 1.807) is 0 Å². The summed E-state index contributed by atoms with van der Waals surface area (Å²) in [7, 11) is 0. The zero-order chi connectivity index (χ0) is 19.1. The first-order valence-electron chi connectivity index (χ1n) is 8.26. The minimum Gasteiger partial charge on any atom is -0.385 e. The Morgan fingerprint density at radius 3 is 2.35 bits per heavy atom. The highest BCUT2D eigenvalue weighted by molar-refractivity contribution is 6.31. The number of oxime groups is 1. The lowest BCUT2D eigenvalue weighted by Gasteiger charge is -2.08. The first-order chi connectivity index (χ1) is 12.3. The standard InChI is InChI=1S/C20H23N3O3/c1-13-6-8-17(16(4)9-13)22-19(24)11-21-26-12-20(25)23-18-10-14(2)5-7-15(18)3/h5-11H,12H2,1-4H3,(H,22,24)(H,23,25)/b21-11-. The molecule has 0 bridgehead atoms. The van der Waals surface area contributed by atoms with Gasteiger partial charge in [-0.2, -0.15) is 0 Å². The second-order valence-electron chi connectivity index (χ2n) is 6.18. The predicted molar refractivity (Wildman–Crippen MR) is 104 cm³/mol. The van der Waals surface area contributed by atoms with E-state index >= 15 is 0 Å². The third-order valence-electron chi connectivity index (χ3n) is 3.75. The summed E-state index contributed by atoms with van der Waals surface area (Å²) >= 11 is 0. The SMILES string of the molecule is Cc1ccc(NC(=O)/C=N\OCC(=O)Nc2cc(C)ccc2C)c(C)c1. The first-order valence-corrected chi connectivity index (χ1v) is 8.26. The van der Waals surface area contributed by atoms with Crippen LogP contribution in [0.5, 0.6) is 0 Å². The van der Waals surface area contributed by atoms with Crippen molar-refractivity contribution in [1.29, 1.82) is 0 Å². The Morgan fingerprint density at radius 1 is 0.923 bits per heavy atom. The molecule has 2 rings (SSSR count). The number of hydrogen-bond acceptors (Lipinski definition) is 4. The van der Waals surface area contributed by atoms with Gasteiger partial charge >= 0.3 is 0 Å². The van der Waals surface area contributed by atoms with E-state index in [1.807, 2.05) is 64.1 Å². The minimum absolute atomic E-state index is 0.277. The third kappa shape index (κ3) is 5.73. The number of benzene rings is 2. The number of anilines is 2. The third-order valence-corrected chi connectivity index (χ3v) is 3.75. The van der Waals surface area contributed by atoms with Gasteiger partial charge in [-0.1, -0.05) is 35.0 Å². The van der Waals surface area contributed by atoms with Crippen molar-refractivity contribution >= 4 is 29.4 Å². The van der Waals surface area contributed by atoms with Crippen LogP contribution in [-0.4, -0.2) is 24.6 Å². The number of aryl methyl sites for hydroxylation is 4. The van der Waals surface area contributed by atoms with E-state index in [2.05, 4.69) is 15.8 Å². The van der Waals surface area contributed by atoms with Crippen molar-refractivity contribution < 1.29 is 14.4 Å². The largest absolute Gasteiger partial charge is 0.385 e. The van der Waals surface area contributed by atoms with E-state index < -0.39 is 5.91 Å². The highest BCUT2D eigenvalue weighted by atomic mass is 16.6. The van der Waals surface area contributed by atoms with E-state index in [1.165, 1.54) is 0 Å². The van der Waals surface area contributed by atoms with Gasteiger partial charge in [0.15, 0.2) is 6.61 Å². The lowest BCUT2D eigenvalue weighted by Crippen LogP contribution is -2.18. The van der Waals surface area contributed by atoms with Crippen molar-refractivity contribution in [3.8, 4) is 0 Å². The van der Waals surface area contributed by atoms with Gasteiger partial charge in [-0.25, -0.2) is 0 Å². The zero-order valence-corrected chi connectivity index (χ0v) is 15.4. The Kier molecular flexibility index (Phi) is 6.49. The molecular formula is C20H23N3O3. The number of amides is 2. The number of nitrogens with one attached hydrogen (secondary N) is 2. The Bertz CT molecular complexity index is 844. The van der Waals surface area contributed by atoms with Gasteiger partial charge in [0.2, 0.25) is 0 Å². The van der Waals surface area contributed by atoms with Crippen molar-refractivity contribution in [3.63, 3.8) is 0 Å². The van der Waals surface area contributed by atoms with Crippen LogP contribution >= 0.6 is 0 Å². The van der Waals surface area contributed by atoms with Crippen molar-refractivity contribution in [2.45, 2.75) is 27.7 Å². The molecule has 2 amide bonds. The summed E-state index contributed by atoms with van der Waals surface area (Å²) < 4.78 is 0. The highest BCUT2D eigenvalue weighted by Crippen LogP contribution is 2.16. The van der Waals surface area contributed by atoms with E-state index in [-0.39, 0.29) is 12.5 Å². The summed E-state index contributed by atoms with van der Waals surface area (Å²) in [6.45, 7) is 7.47. The molecule has 0 saturated carbocycles. The van der Waals surface area contributed by atoms with E-state index in [4.69, 9.17) is 4.84 Å². The highest BCUT2D eigenvalue weighted by Gasteiger charge is 2.06. The van der Waals surface area contributed by atoms with Gasteiger partial charge in [-0.3, -0.25) is 9.59 Å². The van der Waals surface area contributed by atoms with Gasteiger partial charge in [0, 0.05) is 11.4 Å². The van der Waals surface area contributed by atoms with Gasteiger partial charge < -0.3 is 15.5 Å². The molecule has 0 unspecified atom stereocenters. The zero-order valence-electron chi connectivity index (χ0n) is 15.4. The first kappa shape index (κ1) is 19.2. The van der Waals surface area contributed by atoms with Gasteiger partial charge in [0.25, 0.3) is 11.8 Å². The van der Waals surface area contributed by atoms with Gasteiger partial charge in [-0.05, 0) is 56.5 Å². The molecule has 6 heteroatoms. The fourth-order valence-corrected chi connectivity index (χ4v) is 2.36. The van der Waals surface area contributed by atoms with Crippen LogP contribution in [0.1, 0.15) is 22.3 Å². The topological polar surface area (TPSA) is 79.8 Å². The monoisotopic (exact) mass is 353 g/mol. The van der Waals surface area contributed by atoms with Crippen LogP contribution in [-0.2, 0) is 14.4 Å². The minimum atomic E-state index is -0.424. The molecule has 136 valence electrons. The summed E-state index contributed by atoms with van der Waals surface area (Å²) in [5.74, 6) is -0.766. The van der Waals surface area contributed by atoms with Crippen LogP contribution in [0.4, 0.5) is 11.4 Å². The Labute approximate surface area is 153 Å². The van der Waals surface area contributed by atoms with Crippen molar-refractivity contribution in [1.82, 2.24) is 0 Å². The Hall–Kier alpha value is -3.15. The molecule has 0 saturated heterocycles. The van der Waals surface area contributed by atoms with Crippen molar-refractivity contribution in [2.24, 2.45) is 5.16 Å². The Morgan fingerprint density at radius 2 is 1.62 bits per heavy atom. The normalized spacial score (nSPS) is 10.6. The van der Waals surface area contributed by atoms with E-state index in [0.717, 1.165) is 34.2 Å². The molecule has 6 nitrogen and oxygen atoms in total. The molecule has 0 aliphatic heterocycles. The number of nitrogens with zero attached hydrogens (tertiary/aromatic N) is 1. The van der Waals surface area contributed by atoms with Crippen LogP contribution in [0.2, 0.25) is 0 Å². The number of carbonyl (C=O) groups is 2. The molecule has 0 atom stereocenters. The molecule has 0 aliphatic rings. The van der Waals surface area contributed by atoms with Crippen LogP contribution < -0.4 is 10.6 Å². The summed E-state index contributed by atoms with van der Waals surface area (Å²) in [6, 6.07) is 11.5. The molecule has 0 heterocycles. The molecule has 2 aromatic carbocycles. The number of carbonyl (C=O) groups excluding carboxylic acids is 2. The second kappa shape index (κ2) is 8.80. The molecule has 0 aromatic heterocycles. The quantitative estimate of drug-likeness (QED) is 0.616. The van der Waals surface area contributed by atoms with E-state index in [9.17, 15) is 9.59 Å². The molecule has 2 aromatic rings. The average Bonchev–Trinajstić information content (AvgIpc) is 2.57. The number of rotatable bonds is 6. The molecule has 2 N–H and O–H groups in total. The van der Waals surface area contributed by atoms with Crippen molar-refractivity contribution in [3.05, 3.63) is 58.7 Å². The summed E-state index contributed by atoms with van der Waals surface area (Å²) in [4.78, 5) is 28.6. The van der Waals surface area contributed by atoms with Gasteiger partial charge in [-0.15, -0.1) is 0 Å². The van der Waals surface area contributed by atoms with E-state index in [0.29, 0.717) is 5.69 Å². The van der Waals surface area contributed by atoms with Crippen molar-refractivity contribution in [2.75, 3.05) is 17.2 Å². The molecule has 0 spiro atoms. The lowest BCUT2D eigenvalue weighted by atomic mass is 10.1. The molecule has 0 aliphatic carbocycles. The number of hydrogen-bond donors (Lipinski definition) is 2. The average molecular weight is 353 g/mol. The summed E-state index contributed by atoms with van der Waals surface area (Å²) in [6.07, 6.45) is 1.00. The predicted octanol–water partition coefficient (Wildman–Crippen LogP) is 3.50. The molecule has 0 radical (unpaired) electrons. The van der Waals surface area contributed by atoms with Crippen LogP contribution in [0.15, 0.2) is 41.6 Å². The molecule has 0 fully saturated rings. The van der Waals surface area contributed by atoms with Crippen LogP contribution in [0.3, 0.4) is 0 Å². The second-order valence-corrected chi connectivity index (χ2v) is 6.18. The maximum absolute atomic E-state index is 11.9. The molecule has 26 heavy (non-hydrogen) atoms. The maximum atomic E-state index is 11.9. The fourth-order valence-electron chi connectivity index (χ4n) is 2.36.